The van der Waals surface area contributed by atoms with Gasteiger partial charge in [0.2, 0.25) is 6.08 Å². The molecule has 0 unspecified atom stereocenters. The predicted octanol–water partition coefficient (Wildman–Crippen LogP) is 1.51. The van der Waals surface area contributed by atoms with Crippen molar-refractivity contribution in [3.63, 3.8) is 0 Å². The Morgan fingerprint density at radius 1 is 1.30 bits per heavy atom. The first kappa shape index (κ1) is 6.11. The summed E-state index contributed by atoms with van der Waals surface area (Å²) in [7, 11) is 0. The molecule has 0 aliphatic heterocycles. The van der Waals surface area contributed by atoms with Crippen molar-refractivity contribution in [3.8, 4) is 0 Å². The molecule has 0 radical (unpaired) electrons. The average Bonchev–Trinajstić information content (AvgIpc) is 2.48. The Balaban J connectivity index is 2.08. The summed E-state index contributed by atoms with van der Waals surface area (Å²) in [6.07, 6.45) is 6.80. The molecular weight excluding hydrogens is 126 g/mol. The summed E-state index contributed by atoms with van der Waals surface area (Å²) in [5.74, 6) is 1.61. The lowest BCUT2D eigenvalue weighted by Gasteiger charge is -2.14. The fourth-order valence-corrected chi connectivity index (χ4v) is 2.44. The largest absolute Gasteiger partial charge is 0.235 e. The molecule has 2 heteroatoms. The third-order valence-corrected chi connectivity index (χ3v) is 2.92. The molecule has 2 nitrogen and oxygen atoms in total. The van der Waals surface area contributed by atoms with Crippen molar-refractivity contribution in [1.29, 1.82) is 0 Å². The molecule has 10 heavy (non-hydrogen) atoms. The summed E-state index contributed by atoms with van der Waals surface area (Å²) in [5.41, 5.74) is 0. The van der Waals surface area contributed by atoms with Crippen molar-refractivity contribution in [2.75, 3.05) is 0 Å². The molecule has 0 saturated heterocycles. The maximum atomic E-state index is 9.95. The zero-order valence-electron chi connectivity index (χ0n) is 5.92. The minimum atomic E-state index is 0.344. The summed E-state index contributed by atoms with van der Waals surface area (Å²) in [6.45, 7) is 0. The molecule has 2 aliphatic carbocycles. The summed E-state index contributed by atoms with van der Waals surface area (Å²) >= 11 is 0. The molecule has 2 aliphatic rings. The molecule has 54 valence electrons. The van der Waals surface area contributed by atoms with Crippen LogP contribution in [0.2, 0.25) is 0 Å². The first-order chi connectivity index (χ1) is 4.90. The Kier molecular flexibility index (Phi) is 1.35. The Bertz CT molecular complexity index is 184. The van der Waals surface area contributed by atoms with Gasteiger partial charge >= 0.3 is 0 Å². The second kappa shape index (κ2) is 2.21. The second-order valence-corrected chi connectivity index (χ2v) is 3.46. The Morgan fingerprint density at radius 2 is 2.20 bits per heavy atom. The van der Waals surface area contributed by atoms with Crippen LogP contribution in [0.5, 0.6) is 0 Å². The maximum absolute atomic E-state index is 9.95. The number of aliphatic imine (C=N–C) groups is 1. The minimum absolute atomic E-state index is 0.344. The molecule has 0 amide bonds. The van der Waals surface area contributed by atoms with Crippen molar-refractivity contribution >= 4 is 6.08 Å². The van der Waals surface area contributed by atoms with Gasteiger partial charge in [0.25, 0.3) is 0 Å². The van der Waals surface area contributed by atoms with Crippen molar-refractivity contribution in [1.82, 2.24) is 0 Å². The van der Waals surface area contributed by atoms with Crippen molar-refractivity contribution in [3.05, 3.63) is 0 Å². The highest BCUT2D eigenvalue weighted by atomic mass is 16.1. The van der Waals surface area contributed by atoms with Gasteiger partial charge in [-0.05, 0) is 31.1 Å². The standard InChI is InChI=1S/C8H11NO/c10-5-9-8-4-6-1-2-7(8)3-6/h6-8H,1-4H2/t6-,7+,8+/m0/s1. The molecule has 0 heterocycles. The number of rotatable bonds is 1. The Morgan fingerprint density at radius 3 is 2.70 bits per heavy atom. The summed E-state index contributed by atoms with van der Waals surface area (Å²) in [5, 5.41) is 0. The monoisotopic (exact) mass is 137 g/mol. The lowest BCUT2D eigenvalue weighted by Crippen LogP contribution is -2.13. The van der Waals surface area contributed by atoms with Crippen LogP contribution in [0.3, 0.4) is 0 Å². The van der Waals surface area contributed by atoms with Crippen LogP contribution in [-0.4, -0.2) is 12.1 Å². The highest BCUT2D eigenvalue weighted by Crippen LogP contribution is 2.45. The first-order valence-corrected chi connectivity index (χ1v) is 3.97. The van der Waals surface area contributed by atoms with Crippen LogP contribution in [0, 0.1) is 11.8 Å². The van der Waals surface area contributed by atoms with Gasteiger partial charge in [0.1, 0.15) is 0 Å². The summed E-state index contributed by atoms with van der Waals surface area (Å²) < 4.78 is 0. The first-order valence-electron chi connectivity index (χ1n) is 3.97. The van der Waals surface area contributed by atoms with E-state index in [0.717, 1.165) is 18.3 Å². The number of hydrogen-bond donors (Lipinski definition) is 0. The van der Waals surface area contributed by atoms with Gasteiger partial charge in [-0.15, -0.1) is 0 Å². The van der Waals surface area contributed by atoms with Crippen LogP contribution in [0.4, 0.5) is 0 Å². The van der Waals surface area contributed by atoms with Crippen LogP contribution in [0.25, 0.3) is 0 Å². The SMILES string of the molecule is O=C=N[C@@H]1C[C@H]2CC[C@@H]1C2. The fourth-order valence-electron chi connectivity index (χ4n) is 2.44. The lowest BCUT2D eigenvalue weighted by molar-refractivity contribution is 0.417. The van der Waals surface area contributed by atoms with E-state index in [1.165, 1.54) is 19.3 Å². The number of hydrogen-bond acceptors (Lipinski definition) is 2. The third kappa shape index (κ3) is 0.800. The summed E-state index contributed by atoms with van der Waals surface area (Å²) in [4.78, 5) is 13.7. The van der Waals surface area contributed by atoms with E-state index in [1.54, 1.807) is 6.08 Å². The zero-order chi connectivity index (χ0) is 6.97. The van der Waals surface area contributed by atoms with Gasteiger partial charge in [0, 0.05) is 0 Å². The normalized spacial score (nSPS) is 43.4. The number of fused-ring (bicyclic) bond motifs is 2. The fraction of sp³-hybridized carbons (Fsp3) is 0.875. The molecule has 0 N–H and O–H groups in total. The predicted molar refractivity (Wildman–Crippen MR) is 37.4 cm³/mol. The van der Waals surface area contributed by atoms with Gasteiger partial charge in [-0.2, -0.15) is 0 Å². The van der Waals surface area contributed by atoms with Crippen molar-refractivity contribution < 1.29 is 4.79 Å². The quantitative estimate of drug-likeness (QED) is 0.398. The lowest BCUT2D eigenvalue weighted by atomic mass is 9.96. The van der Waals surface area contributed by atoms with Crippen molar-refractivity contribution in [2.24, 2.45) is 16.8 Å². The van der Waals surface area contributed by atoms with Gasteiger partial charge in [-0.25, -0.2) is 9.79 Å². The van der Waals surface area contributed by atoms with E-state index in [-0.39, 0.29) is 0 Å². The van der Waals surface area contributed by atoms with Crippen LogP contribution < -0.4 is 0 Å². The molecule has 0 aromatic heterocycles. The number of carbonyl (C=O) groups excluding carboxylic acids is 1. The van der Waals surface area contributed by atoms with Gasteiger partial charge < -0.3 is 0 Å². The number of isocyanates is 1. The molecule has 0 spiro atoms. The second-order valence-electron chi connectivity index (χ2n) is 3.46. The van der Waals surface area contributed by atoms with E-state index >= 15 is 0 Å². The van der Waals surface area contributed by atoms with Crippen molar-refractivity contribution in [2.45, 2.75) is 31.7 Å². The van der Waals surface area contributed by atoms with Crippen LogP contribution >= 0.6 is 0 Å². The minimum Gasteiger partial charge on any atom is -0.211 e. The molecule has 2 fully saturated rings. The molecule has 0 aromatic rings. The topological polar surface area (TPSA) is 29.4 Å². The van der Waals surface area contributed by atoms with E-state index in [0.29, 0.717) is 6.04 Å². The van der Waals surface area contributed by atoms with E-state index in [4.69, 9.17) is 0 Å². The molecule has 0 aromatic carbocycles. The number of nitrogens with zero attached hydrogens (tertiary/aromatic N) is 1. The van der Waals surface area contributed by atoms with Crippen LogP contribution in [0.1, 0.15) is 25.7 Å². The summed E-state index contributed by atoms with van der Waals surface area (Å²) in [6, 6.07) is 0.344. The molecule has 2 saturated carbocycles. The molecule has 3 atom stereocenters. The van der Waals surface area contributed by atoms with Gasteiger partial charge in [0.15, 0.2) is 0 Å². The third-order valence-electron chi connectivity index (χ3n) is 2.92. The molecule has 2 rings (SSSR count). The van der Waals surface area contributed by atoms with Gasteiger partial charge in [-0.1, -0.05) is 6.42 Å². The van der Waals surface area contributed by atoms with Crippen LogP contribution in [-0.2, 0) is 4.79 Å². The van der Waals surface area contributed by atoms with Crippen LogP contribution in [0.15, 0.2) is 4.99 Å². The Hall–Kier alpha value is -0.620. The smallest absolute Gasteiger partial charge is 0.211 e. The molecular formula is C8H11NO. The van der Waals surface area contributed by atoms with Gasteiger partial charge in [0.05, 0.1) is 6.04 Å². The zero-order valence-corrected chi connectivity index (χ0v) is 5.92. The van der Waals surface area contributed by atoms with E-state index < -0.39 is 0 Å². The van der Waals surface area contributed by atoms with E-state index in [1.807, 2.05) is 0 Å². The van der Waals surface area contributed by atoms with Gasteiger partial charge in [-0.3, -0.25) is 0 Å². The Labute approximate surface area is 60.3 Å². The van der Waals surface area contributed by atoms with E-state index in [2.05, 4.69) is 4.99 Å². The molecule has 2 bridgehead atoms. The highest BCUT2D eigenvalue weighted by molar-refractivity contribution is 5.34. The van der Waals surface area contributed by atoms with E-state index in [9.17, 15) is 4.79 Å². The average molecular weight is 137 g/mol. The highest BCUT2D eigenvalue weighted by Gasteiger charge is 2.39. The maximum Gasteiger partial charge on any atom is 0.235 e.